The average molecular weight is 468 g/mol. The Kier molecular flexibility index (Phi) is 5.48. The summed E-state index contributed by atoms with van der Waals surface area (Å²) in [4.78, 5) is 21.7. The number of amides is 2. The average Bonchev–Trinajstić information content (AvgIpc) is 3.35. The number of hydrogen-bond donors (Lipinski definition) is 1. The minimum absolute atomic E-state index is 0.0390. The van der Waals surface area contributed by atoms with Gasteiger partial charge in [0.25, 0.3) is 0 Å². The number of carbonyl (C=O) groups is 1. The molecule has 6 radical (unpaired) electrons. The molecule has 7 nitrogen and oxygen atoms in total. The summed E-state index contributed by atoms with van der Waals surface area (Å²) >= 11 is 0. The van der Waals surface area contributed by atoms with E-state index in [0.717, 1.165) is 25.7 Å². The summed E-state index contributed by atoms with van der Waals surface area (Å²) in [6.45, 7) is 6.01. The largest absolute Gasteiger partial charge is 0.477 e. The molecule has 0 aromatic carbocycles. The quantitative estimate of drug-likeness (QED) is 0.681. The number of fused-ring (bicyclic) bond motifs is 4. The highest BCUT2D eigenvalue weighted by molar-refractivity contribution is 6.27. The maximum atomic E-state index is 13.5. The highest BCUT2D eigenvalue weighted by Crippen LogP contribution is 2.55. The summed E-state index contributed by atoms with van der Waals surface area (Å²) in [5.41, 5.74) is 1.26. The number of urea groups is 1. The summed E-state index contributed by atoms with van der Waals surface area (Å²) in [5.74, 6) is 0.866. The van der Waals surface area contributed by atoms with Gasteiger partial charge in [-0.05, 0) is 67.3 Å². The SMILES string of the molecule is [B][C@]12CC(C[C@@H]1COc1cc3c(cn1)CCCC3)N(C(=O)N1CC[C@]3([B])OCC(=C)N[C@]3([B])C1)C2. The fourth-order valence-electron chi connectivity index (χ4n) is 6.74. The Morgan fingerprint density at radius 3 is 2.83 bits per heavy atom. The Labute approximate surface area is 211 Å². The molecule has 4 fully saturated rings. The van der Waals surface area contributed by atoms with E-state index in [-0.39, 0.29) is 24.5 Å². The lowest BCUT2D eigenvalue weighted by molar-refractivity contribution is -0.0706. The minimum atomic E-state index is -1.08. The first-order valence-electron chi connectivity index (χ1n) is 12.8. The predicted octanol–water partition coefficient (Wildman–Crippen LogP) is 1.45. The third kappa shape index (κ3) is 3.87. The lowest BCUT2D eigenvalue weighted by atomic mass is 9.52. The molecule has 1 N–H and O–H groups in total. The van der Waals surface area contributed by atoms with E-state index >= 15 is 0 Å². The second-order valence-electron chi connectivity index (χ2n) is 11.3. The van der Waals surface area contributed by atoms with Gasteiger partial charge in [-0.1, -0.05) is 6.58 Å². The Hall–Kier alpha value is -2.09. The summed E-state index contributed by atoms with van der Waals surface area (Å²) < 4.78 is 11.9. The van der Waals surface area contributed by atoms with Gasteiger partial charge in [0, 0.05) is 54.6 Å². The third-order valence-corrected chi connectivity index (χ3v) is 8.89. The van der Waals surface area contributed by atoms with Crippen molar-refractivity contribution in [2.45, 2.75) is 67.2 Å². The monoisotopic (exact) mass is 468 g/mol. The highest BCUT2D eigenvalue weighted by Gasteiger charge is 2.56. The van der Waals surface area contributed by atoms with Gasteiger partial charge in [0.1, 0.15) is 15.7 Å². The molecule has 2 bridgehead atoms. The number of morpholine rings is 1. The second-order valence-corrected chi connectivity index (χ2v) is 11.3. The number of aromatic nitrogens is 1. The van der Waals surface area contributed by atoms with Crippen LogP contribution in [-0.2, 0) is 17.6 Å². The van der Waals surface area contributed by atoms with Crippen LogP contribution >= 0.6 is 0 Å². The molecule has 0 spiro atoms. The molecule has 2 aliphatic carbocycles. The van der Waals surface area contributed by atoms with E-state index < -0.39 is 16.3 Å². The molecule has 3 saturated heterocycles. The molecule has 10 heteroatoms. The fourth-order valence-corrected chi connectivity index (χ4v) is 6.74. The molecule has 6 rings (SSSR count). The molecule has 5 aliphatic rings. The highest BCUT2D eigenvalue weighted by atomic mass is 16.5. The Balaban J connectivity index is 1.08. The molecule has 178 valence electrons. The van der Waals surface area contributed by atoms with Crippen molar-refractivity contribution < 1.29 is 14.3 Å². The molecular formula is C25H31B3N4O3. The lowest BCUT2D eigenvalue weighted by Gasteiger charge is -2.58. The van der Waals surface area contributed by atoms with Gasteiger partial charge in [-0.2, -0.15) is 0 Å². The summed E-state index contributed by atoms with van der Waals surface area (Å²) in [5, 5.41) is 2.73. The van der Waals surface area contributed by atoms with Gasteiger partial charge < -0.3 is 24.6 Å². The zero-order chi connectivity index (χ0) is 24.4. The molecule has 35 heavy (non-hydrogen) atoms. The maximum absolute atomic E-state index is 13.5. The fraction of sp³-hybridized carbons (Fsp3) is 0.680. The van der Waals surface area contributed by atoms with Gasteiger partial charge in [0.15, 0.2) is 0 Å². The normalized spacial score (nSPS) is 38.0. The Bertz CT molecular complexity index is 1060. The summed E-state index contributed by atoms with van der Waals surface area (Å²) in [7, 11) is 19.9. The molecule has 1 aromatic heterocycles. The first-order valence-corrected chi connectivity index (χ1v) is 12.8. The number of ether oxygens (including phenoxy) is 2. The van der Waals surface area contributed by atoms with Crippen LogP contribution in [0.3, 0.4) is 0 Å². The molecule has 3 aliphatic heterocycles. The van der Waals surface area contributed by atoms with Crippen molar-refractivity contribution in [3.63, 3.8) is 0 Å². The van der Waals surface area contributed by atoms with E-state index in [1.807, 2.05) is 11.1 Å². The molecule has 2 amide bonds. The summed E-state index contributed by atoms with van der Waals surface area (Å²) in [6.07, 6.45) is 8.69. The predicted molar refractivity (Wildman–Crippen MR) is 135 cm³/mol. The molecule has 1 unspecified atom stereocenters. The van der Waals surface area contributed by atoms with Gasteiger partial charge in [-0.15, -0.1) is 0 Å². The van der Waals surface area contributed by atoms with Gasteiger partial charge in [0.05, 0.1) is 21.1 Å². The maximum Gasteiger partial charge on any atom is 0.320 e. The number of likely N-dealkylation sites (tertiary alicyclic amines) is 2. The van der Waals surface area contributed by atoms with Gasteiger partial charge in [0.2, 0.25) is 5.88 Å². The van der Waals surface area contributed by atoms with E-state index in [9.17, 15) is 4.79 Å². The smallest absolute Gasteiger partial charge is 0.320 e. The lowest BCUT2D eigenvalue weighted by Crippen LogP contribution is -2.76. The zero-order valence-corrected chi connectivity index (χ0v) is 20.3. The minimum Gasteiger partial charge on any atom is -0.477 e. The van der Waals surface area contributed by atoms with Crippen LogP contribution < -0.4 is 10.1 Å². The van der Waals surface area contributed by atoms with E-state index in [1.54, 1.807) is 4.90 Å². The van der Waals surface area contributed by atoms with E-state index in [2.05, 4.69) is 22.9 Å². The molecule has 4 heterocycles. The van der Waals surface area contributed by atoms with Gasteiger partial charge >= 0.3 is 6.03 Å². The molecule has 5 atom stereocenters. The van der Waals surface area contributed by atoms with Crippen LogP contribution in [-0.4, -0.2) is 94.2 Å². The first-order chi connectivity index (χ1) is 16.7. The van der Waals surface area contributed by atoms with Crippen molar-refractivity contribution in [1.82, 2.24) is 20.1 Å². The number of nitrogens with one attached hydrogen (secondary N) is 1. The molecule has 1 aromatic rings. The number of nitrogens with zero attached hydrogens (tertiary/aromatic N) is 3. The number of rotatable bonds is 3. The standard InChI is InChI=1S/C25H31B3N4O3/c1-16-12-35-25(28)6-7-31(15-24(25,27)30-16)22(33)32-14-23(26)10-20(32)9-19(23)13-34-21-8-17-4-2-3-5-18(17)11-29-21/h8,11,19-20,30H,1-7,9-10,12-15H2/t19-,20?,23+,24-,25+/m1/s1. The first kappa shape index (κ1) is 23.3. The van der Waals surface area contributed by atoms with E-state index in [0.29, 0.717) is 44.3 Å². The number of piperidine rings is 2. The number of aryl methyl sites for hydroxylation is 2. The zero-order valence-electron chi connectivity index (χ0n) is 20.3. The van der Waals surface area contributed by atoms with Gasteiger partial charge in [-0.3, -0.25) is 0 Å². The van der Waals surface area contributed by atoms with Crippen molar-refractivity contribution in [2.24, 2.45) is 5.92 Å². The van der Waals surface area contributed by atoms with Crippen LogP contribution in [0, 0.1) is 5.92 Å². The van der Waals surface area contributed by atoms with Crippen molar-refractivity contribution in [3.05, 3.63) is 35.7 Å². The number of hydrogen-bond acceptors (Lipinski definition) is 5. The van der Waals surface area contributed by atoms with Crippen molar-refractivity contribution in [3.8, 4) is 5.88 Å². The Morgan fingerprint density at radius 2 is 2.06 bits per heavy atom. The van der Waals surface area contributed by atoms with E-state index in [1.165, 1.54) is 24.0 Å². The second kappa shape index (κ2) is 8.22. The topological polar surface area (TPSA) is 66.9 Å². The molecule has 1 saturated carbocycles. The third-order valence-electron chi connectivity index (χ3n) is 8.89. The Morgan fingerprint density at radius 1 is 1.26 bits per heavy atom. The van der Waals surface area contributed by atoms with Crippen molar-refractivity contribution in [1.29, 1.82) is 0 Å². The van der Waals surface area contributed by atoms with Crippen LogP contribution in [0.4, 0.5) is 4.79 Å². The van der Waals surface area contributed by atoms with Crippen LogP contribution in [0.15, 0.2) is 24.5 Å². The van der Waals surface area contributed by atoms with Crippen LogP contribution in [0.25, 0.3) is 0 Å². The van der Waals surface area contributed by atoms with Crippen molar-refractivity contribution >= 4 is 29.6 Å². The molecular weight excluding hydrogens is 437 g/mol. The summed E-state index contributed by atoms with van der Waals surface area (Å²) in [6, 6.07) is 2.15. The number of carbonyl (C=O) groups excluding carboxylic acids is 1. The van der Waals surface area contributed by atoms with Crippen LogP contribution in [0.2, 0.25) is 5.31 Å². The van der Waals surface area contributed by atoms with Crippen molar-refractivity contribution in [2.75, 3.05) is 32.8 Å². The van der Waals surface area contributed by atoms with Crippen LogP contribution in [0.5, 0.6) is 5.88 Å². The van der Waals surface area contributed by atoms with E-state index in [4.69, 9.17) is 33.0 Å². The van der Waals surface area contributed by atoms with Gasteiger partial charge in [-0.25, -0.2) is 9.78 Å². The number of pyridine rings is 1. The van der Waals surface area contributed by atoms with Crippen LogP contribution in [0.1, 0.15) is 43.2 Å².